The van der Waals surface area contributed by atoms with Crippen LogP contribution in [0.4, 0.5) is 5.69 Å². The molecule has 1 aromatic heterocycles. The lowest BCUT2D eigenvalue weighted by Gasteiger charge is -2.13. The van der Waals surface area contributed by atoms with Crippen LogP contribution in [0.25, 0.3) is 0 Å². The highest BCUT2D eigenvalue weighted by atomic mass is 35.5. The Labute approximate surface area is 148 Å². The van der Waals surface area contributed by atoms with E-state index in [0.29, 0.717) is 23.0 Å². The van der Waals surface area contributed by atoms with Crippen molar-refractivity contribution in [3.8, 4) is 5.75 Å². The van der Waals surface area contributed by atoms with Crippen LogP contribution >= 0.6 is 23.2 Å². The van der Waals surface area contributed by atoms with Gasteiger partial charge < -0.3 is 19.7 Å². The second-order valence-electron chi connectivity index (χ2n) is 5.08. The molecule has 1 heterocycles. The molecule has 128 valence electrons. The number of pyridine rings is 1. The van der Waals surface area contributed by atoms with Crippen molar-refractivity contribution in [1.29, 1.82) is 0 Å². The smallest absolute Gasteiger partial charge is 0.267 e. The SMILES string of the molecule is COCCn1c(C)cc(O)c(C(=O)Nc2ccc(Cl)c(Cl)c2)c1=O. The number of benzene rings is 1. The molecule has 1 aromatic carbocycles. The molecule has 0 saturated heterocycles. The number of rotatable bonds is 5. The second-order valence-corrected chi connectivity index (χ2v) is 5.89. The third-order valence-electron chi connectivity index (χ3n) is 3.41. The van der Waals surface area contributed by atoms with E-state index in [0.717, 1.165) is 0 Å². The first kappa shape index (κ1) is 18.3. The van der Waals surface area contributed by atoms with Gasteiger partial charge in [-0.2, -0.15) is 0 Å². The van der Waals surface area contributed by atoms with E-state index in [1.54, 1.807) is 13.0 Å². The molecular formula is C16H16Cl2N2O4. The molecule has 2 rings (SSSR count). The molecule has 24 heavy (non-hydrogen) atoms. The van der Waals surface area contributed by atoms with Crippen LogP contribution in [0.2, 0.25) is 10.0 Å². The number of methoxy groups -OCH3 is 1. The van der Waals surface area contributed by atoms with Crippen molar-refractivity contribution in [2.75, 3.05) is 19.0 Å². The van der Waals surface area contributed by atoms with Gasteiger partial charge in [0.25, 0.3) is 11.5 Å². The quantitative estimate of drug-likeness (QED) is 0.847. The summed E-state index contributed by atoms with van der Waals surface area (Å²) in [7, 11) is 1.51. The highest BCUT2D eigenvalue weighted by molar-refractivity contribution is 6.42. The Balaban J connectivity index is 2.38. The summed E-state index contributed by atoms with van der Waals surface area (Å²) in [6, 6.07) is 5.88. The third-order valence-corrected chi connectivity index (χ3v) is 4.15. The van der Waals surface area contributed by atoms with E-state index in [4.69, 9.17) is 27.9 Å². The number of aromatic nitrogens is 1. The Kier molecular flexibility index (Phi) is 5.88. The summed E-state index contributed by atoms with van der Waals surface area (Å²) in [5, 5.41) is 13.1. The van der Waals surface area contributed by atoms with E-state index >= 15 is 0 Å². The van der Waals surface area contributed by atoms with Crippen LogP contribution in [0.15, 0.2) is 29.1 Å². The highest BCUT2D eigenvalue weighted by Gasteiger charge is 2.20. The van der Waals surface area contributed by atoms with Gasteiger partial charge in [0, 0.05) is 31.1 Å². The number of halogens is 2. The maximum atomic E-state index is 12.5. The predicted octanol–water partition coefficient (Wildman–Crippen LogP) is 3.07. The molecule has 0 aliphatic heterocycles. The molecule has 1 amide bonds. The summed E-state index contributed by atoms with van der Waals surface area (Å²) in [5.41, 5.74) is -0.0530. The Hall–Kier alpha value is -2.02. The average molecular weight is 371 g/mol. The number of hydrogen-bond acceptors (Lipinski definition) is 4. The standard InChI is InChI=1S/C16H16Cl2N2O4/c1-9-7-13(21)14(16(23)20(9)5-6-24-2)15(22)19-10-3-4-11(17)12(18)8-10/h3-4,7-8,21H,5-6H2,1-2H3,(H,19,22). The third kappa shape index (κ3) is 3.90. The molecular weight excluding hydrogens is 355 g/mol. The monoisotopic (exact) mass is 370 g/mol. The van der Waals surface area contributed by atoms with Crippen molar-refractivity contribution < 1.29 is 14.6 Å². The van der Waals surface area contributed by atoms with E-state index < -0.39 is 11.5 Å². The molecule has 0 radical (unpaired) electrons. The maximum Gasteiger partial charge on any atom is 0.267 e. The predicted molar refractivity (Wildman–Crippen MR) is 93.4 cm³/mol. The van der Waals surface area contributed by atoms with Gasteiger partial charge in [-0.15, -0.1) is 0 Å². The lowest BCUT2D eigenvalue weighted by atomic mass is 10.2. The van der Waals surface area contributed by atoms with Crippen molar-refractivity contribution >= 4 is 34.8 Å². The van der Waals surface area contributed by atoms with Gasteiger partial charge >= 0.3 is 0 Å². The minimum atomic E-state index is -0.734. The fourth-order valence-corrected chi connectivity index (χ4v) is 2.49. The summed E-state index contributed by atoms with van der Waals surface area (Å²) >= 11 is 11.7. The summed E-state index contributed by atoms with van der Waals surface area (Å²) < 4.78 is 6.32. The zero-order chi connectivity index (χ0) is 17.9. The second kappa shape index (κ2) is 7.70. The van der Waals surface area contributed by atoms with Gasteiger partial charge in [-0.3, -0.25) is 9.59 Å². The Morgan fingerprint density at radius 3 is 2.62 bits per heavy atom. The number of nitrogens with one attached hydrogen (secondary N) is 1. The number of carbonyl (C=O) groups is 1. The number of carbonyl (C=O) groups excluding carboxylic acids is 1. The molecule has 0 saturated carbocycles. The Bertz CT molecular complexity index is 834. The first-order valence-electron chi connectivity index (χ1n) is 7.04. The molecule has 0 atom stereocenters. The fourth-order valence-electron chi connectivity index (χ4n) is 2.19. The van der Waals surface area contributed by atoms with Gasteiger partial charge in [-0.25, -0.2) is 0 Å². The van der Waals surface area contributed by atoms with Crippen LogP contribution in [0.5, 0.6) is 5.75 Å². The van der Waals surface area contributed by atoms with Crippen LogP contribution < -0.4 is 10.9 Å². The number of anilines is 1. The first-order chi connectivity index (χ1) is 11.3. The van der Waals surface area contributed by atoms with E-state index in [1.807, 2.05) is 0 Å². The molecule has 0 unspecified atom stereocenters. The van der Waals surface area contributed by atoms with E-state index in [1.165, 1.54) is 29.9 Å². The number of aryl methyl sites for hydroxylation is 1. The Morgan fingerprint density at radius 1 is 1.29 bits per heavy atom. The molecule has 2 N–H and O–H groups in total. The van der Waals surface area contributed by atoms with Gasteiger partial charge in [-0.05, 0) is 25.1 Å². The molecule has 0 fully saturated rings. The van der Waals surface area contributed by atoms with Gasteiger partial charge in [0.15, 0.2) is 0 Å². The summed E-state index contributed by atoms with van der Waals surface area (Å²) in [5.74, 6) is -1.12. The summed E-state index contributed by atoms with van der Waals surface area (Å²) in [4.78, 5) is 24.9. The summed E-state index contributed by atoms with van der Waals surface area (Å²) in [6.07, 6.45) is 0. The van der Waals surface area contributed by atoms with Gasteiger partial charge in [0.2, 0.25) is 0 Å². The van der Waals surface area contributed by atoms with Crippen LogP contribution in [0.1, 0.15) is 16.1 Å². The maximum absolute atomic E-state index is 12.5. The normalized spacial score (nSPS) is 10.7. The number of nitrogens with zero attached hydrogens (tertiary/aromatic N) is 1. The average Bonchev–Trinajstić information content (AvgIpc) is 2.50. The van der Waals surface area contributed by atoms with Crippen molar-refractivity contribution in [3.05, 3.63) is 55.9 Å². The topological polar surface area (TPSA) is 80.6 Å². The van der Waals surface area contributed by atoms with Gasteiger partial charge in [0.05, 0.1) is 16.7 Å². The number of hydrogen-bond donors (Lipinski definition) is 2. The van der Waals surface area contributed by atoms with Crippen molar-refractivity contribution in [1.82, 2.24) is 4.57 Å². The minimum Gasteiger partial charge on any atom is -0.507 e. The van der Waals surface area contributed by atoms with Crippen LogP contribution in [-0.2, 0) is 11.3 Å². The first-order valence-corrected chi connectivity index (χ1v) is 7.79. The zero-order valence-electron chi connectivity index (χ0n) is 13.1. The lowest BCUT2D eigenvalue weighted by molar-refractivity contribution is 0.102. The molecule has 2 aromatic rings. The number of amides is 1. The molecule has 6 nitrogen and oxygen atoms in total. The van der Waals surface area contributed by atoms with Crippen LogP contribution in [-0.4, -0.2) is 29.3 Å². The van der Waals surface area contributed by atoms with Crippen molar-refractivity contribution in [2.45, 2.75) is 13.5 Å². The number of ether oxygens (including phenoxy) is 1. The largest absolute Gasteiger partial charge is 0.507 e. The summed E-state index contributed by atoms with van der Waals surface area (Å²) in [6.45, 7) is 2.24. The highest BCUT2D eigenvalue weighted by Crippen LogP contribution is 2.25. The lowest BCUT2D eigenvalue weighted by Crippen LogP contribution is -2.31. The number of aromatic hydroxyl groups is 1. The minimum absolute atomic E-state index is 0.264. The van der Waals surface area contributed by atoms with Gasteiger partial charge in [-0.1, -0.05) is 23.2 Å². The van der Waals surface area contributed by atoms with E-state index in [2.05, 4.69) is 5.32 Å². The van der Waals surface area contributed by atoms with E-state index in [-0.39, 0.29) is 22.9 Å². The van der Waals surface area contributed by atoms with Crippen molar-refractivity contribution in [2.24, 2.45) is 0 Å². The molecule has 0 bridgehead atoms. The Morgan fingerprint density at radius 2 is 2.00 bits per heavy atom. The fraction of sp³-hybridized carbons (Fsp3) is 0.250. The molecule has 0 spiro atoms. The van der Waals surface area contributed by atoms with Crippen LogP contribution in [0.3, 0.4) is 0 Å². The molecule has 0 aliphatic rings. The molecule has 8 heteroatoms. The molecule has 0 aliphatic carbocycles. The van der Waals surface area contributed by atoms with Crippen molar-refractivity contribution in [3.63, 3.8) is 0 Å². The van der Waals surface area contributed by atoms with Crippen LogP contribution in [0, 0.1) is 6.92 Å². The van der Waals surface area contributed by atoms with Gasteiger partial charge in [0.1, 0.15) is 11.3 Å². The zero-order valence-corrected chi connectivity index (χ0v) is 14.6. The van der Waals surface area contributed by atoms with E-state index in [9.17, 15) is 14.7 Å².